The first-order valence-electron chi connectivity index (χ1n) is 6.77. The molecule has 1 saturated heterocycles. The predicted octanol–water partition coefficient (Wildman–Crippen LogP) is 3.19. The second-order valence-electron chi connectivity index (χ2n) is 5.03. The van der Waals surface area contributed by atoms with E-state index < -0.39 is 23.5 Å². The molecule has 6 heteroatoms. The predicted molar refractivity (Wildman–Crippen MR) is 83.3 cm³/mol. The van der Waals surface area contributed by atoms with Crippen molar-refractivity contribution < 1.29 is 19.1 Å². The zero-order chi connectivity index (χ0) is 16.6. The first kappa shape index (κ1) is 15.2. The molecule has 0 saturated carbocycles. The molecule has 1 fully saturated rings. The van der Waals surface area contributed by atoms with E-state index in [0.29, 0.717) is 10.6 Å². The summed E-state index contributed by atoms with van der Waals surface area (Å²) in [7, 11) is 0. The number of carbonyl (C=O) groups is 2. The van der Waals surface area contributed by atoms with Gasteiger partial charge in [-0.05, 0) is 30.3 Å². The highest BCUT2D eigenvalue weighted by atomic mass is 35.5. The van der Waals surface area contributed by atoms with Crippen LogP contribution in [-0.4, -0.2) is 16.8 Å². The standard InChI is InChI=1S/C17H11ClFNO3/c18-10-7-5-9(6-8-10)15(21)13-14(20-17(23)16(13)22)11-3-1-2-4-12(11)19/h1-8,14,21H,(H,20,23)/b15-13+/t14-/m0/s1. The van der Waals surface area contributed by atoms with Gasteiger partial charge in [-0.15, -0.1) is 0 Å². The van der Waals surface area contributed by atoms with Crippen molar-refractivity contribution in [3.63, 3.8) is 0 Å². The molecule has 3 rings (SSSR count). The lowest BCUT2D eigenvalue weighted by molar-refractivity contribution is -0.133. The van der Waals surface area contributed by atoms with Gasteiger partial charge >= 0.3 is 0 Å². The van der Waals surface area contributed by atoms with E-state index in [1.165, 1.54) is 30.3 Å². The van der Waals surface area contributed by atoms with Gasteiger partial charge in [-0.3, -0.25) is 9.59 Å². The minimum atomic E-state index is -1.04. The van der Waals surface area contributed by atoms with Crippen LogP contribution in [0, 0.1) is 5.82 Å². The summed E-state index contributed by atoms with van der Waals surface area (Å²) in [4.78, 5) is 23.8. The van der Waals surface area contributed by atoms with Gasteiger partial charge in [0, 0.05) is 16.1 Å². The quantitative estimate of drug-likeness (QED) is 0.504. The highest BCUT2D eigenvalue weighted by molar-refractivity contribution is 6.46. The third-order valence-corrected chi connectivity index (χ3v) is 3.86. The number of benzene rings is 2. The van der Waals surface area contributed by atoms with E-state index in [0.717, 1.165) is 0 Å². The van der Waals surface area contributed by atoms with Crippen LogP contribution < -0.4 is 5.32 Å². The first-order chi connectivity index (χ1) is 11.0. The molecule has 0 aliphatic carbocycles. The lowest BCUT2D eigenvalue weighted by Crippen LogP contribution is -2.21. The largest absolute Gasteiger partial charge is 0.507 e. The van der Waals surface area contributed by atoms with E-state index in [2.05, 4.69) is 5.32 Å². The Morgan fingerprint density at radius 3 is 2.39 bits per heavy atom. The number of ketones is 1. The molecular weight excluding hydrogens is 321 g/mol. The van der Waals surface area contributed by atoms with Gasteiger partial charge in [-0.2, -0.15) is 0 Å². The zero-order valence-corrected chi connectivity index (χ0v) is 12.5. The number of carbonyl (C=O) groups excluding carboxylic acids is 2. The Labute approximate surface area is 136 Å². The summed E-state index contributed by atoms with van der Waals surface area (Å²) in [5, 5.41) is 13.3. The van der Waals surface area contributed by atoms with Crippen molar-refractivity contribution >= 4 is 29.1 Å². The third-order valence-electron chi connectivity index (χ3n) is 3.60. The van der Waals surface area contributed by atoms with E-state index in [-0.39, 0.29) is 16.9 Å². The third kappa shape index (κ3) is 2.71. The molecule has 0 unspecified atom stereocenters. The fourth-order valence-corrected chi connectivity index (χ4v) is 2.60. The summed E-state index contributed by atoms with van der Waals surface area (Å²) in [5.41, 5.74) is 0.250. The Balaban J connectivity index is 2.15. The number of hydrogen-bond donors (Lipinski definition) is 2. The van der Waals surface area contributed by atoms with E-state index in [1.54, 1.807) is 18.2 Å². The highest BCUT2D eigenvalue weighted by Crippen LogP contribution is 2.34. The van der Waals surface area contributed by atoms with Crippen LogP contribution in [0.3, 0.4) is 0 Å². The Kier molecular flexibility index (Phi) is 3.88. The van der Waals surface area contributed by atoms with Gasteiger partial charge in [-0.1, -0.05) is 29.8 Å². The molecule has 4 nitrogen and oxygen atoms in total. The molecule has 1 aliphatic heterocycles. The Bertz CT molecular complexity index is 830. The summed E-state index contributed by atoms with van der Waals surface area (Å²) in [6.07, 6.45) is 0. The molecule has 0 aromatic heterocycles. The number of rotatable bonds is 2. The molecule has 116 valence electrons. The van der Waals surface area contributed by atoms with E-state index in [4.69, 9.17) is 11.6 Å². The number of hydrogen-bond acceptors (Lipinski definition) is 3. The fourth-order valence-electron chi connectivity index (χ4n) is 2.47. The molecule has 2 aromatic rings. The first-order valence-corrected chi connectivity index (χ1v) is 7.15. The van der Waals surface area contributed by atoms with Crippen molar-refractivity contribution in [1.82, 2.24) is 5.32 Å². The van der Waals surface area contributed by atoms with Crippen molar-refractivity contribution in [3.8, 4) is 0 Å². The molecule has 0 bridgehead atoms. The lowest BCUT2D eigenvalue weighted by atomic mass is 9.95. The van der Waals surface area contributed by atoms with E-state index >= 15 is 0 Å². The number of Topliss-reactive ketones (excluding diaryl/α,β-unsaturated/α-hetero) is 1. The van der Waals surface area contributed by atoms with Gasteiger partial charge in [0.15, 0.2) is 0 Å². The fraction of sp³-hybridized carbons (Fsp3) is 0.0588. The summed E-state index contributed by atoms with van der Waals surface area (Å²) in [6, 6.07) is 10.8. The summed E-state index contributed by atoms with van der Waals surface area (Å²) < 4.78 is 14.0. The van der Waals surface area contributed by atoms with Gasteiger partial charge in [0.1, 0.15) is 11.6 Å². The van der Waals surface area contributed by atoms with Crippen LogP contribution >= 0.6 is 11.6 Å². The molecule has 1 heterocycles. The number of aliphatic hydroxyl groups excluding tert-OH is 1. The molecule has 0 radical (unpaired) electrons. The van der Waals surface area contributed by atoms with Crippen LogP contribution in [0.25, 0.3) is 5.76 Å². The van der Waals surface area contributed by atoms with E-state index in [9.17, 15) is 19.1 Å². The number of nitrogens with one attached hydrogen (secondary N) is 1. The second-order valence-corrected chi connectivity index (χ2v) is 5.46. The topological polar surface area (TPSA) is 66.4 Å². The van der Waals surface area contributed by atoms with Crippen LogP contribution in [0.4, 0.5) is 4.39 Å². The van der Waals surface area contributed by atoms with E-state index in [1.807, 2.05) is 0 Å². The average Bonchev–Trinajstić information content (AvgIpc) is 2.83. The van der Waals surface area contributed by atoms with Crippen LogP contribution in [0.1, 0.15) is 17.2 Å². The molecule has 1 atom stereocenters. The molecule has 1 aliphatic rings. The van der Waals surface area contributed by atoms with Crippen LogP contribution in [-0.2, 0) is 9.59 Å². The Hall–Kier alpha value is -2.66. The lowest BCUT2D eigenvalue weighted by Gasteiger charge is -2.14. The minimum absolute atomic E-state index is 0.113. The van der Waals surface area contributed by atoms with Crippen LogP contribution in [0.2, 0.25) is 5.02 Å². The van der Waals surface area contributed by atoms with Gasteiger partial charge in [-0.25, -0.2) is 4.39 Å². The van der Waals surface area contributed by atoms with Crippen LogP contribution in [0.5, 0.6) is 0 Å². The average molecular weight is 332 g/mol. The van der Waals surface area contributed by atoms with Crippen LogP contribution in [0.15, 0.2) is 54.1 Å². The summed E-state index contributed by atoms with van der Waals surface area (Å²) in [6.45, 7) is 0. The monoisotopic (exact) mass is 331 g/mol. The molecule has 0 spiro atoms. The minimum Gasteiger partial charge on any atom is -0.507 e. The molecule has 2 N–H and O–H groups in total. The normalized spacial score (nSPS) is 19.7. The number of halogens is 2. The number of aliphatic hydroxyl groups is 1. The molecule has 2 aromatic carbocycles. The second kappa shape index (κ2) is 5.85. The van der Waals surface area contributed by atoms with Gasteiger partial charge < -0.3 is 10.4 Å². The SMILES string of the molecule is O=C1N[C@@H](c2ccccc2F)/C(=C(\O)c2ccc(Cl)cc2)C1=O. The smallest absolute Gasteiger partial charge is 0.293 e. The van der Waals surface area contributed by atoms with Gasteiger partial charge in [0.2, 0.25) is 0 Å². The Morgan fingerprint density at radius 1 is 1.09 bits per heavy atom. The maximum atomic E-state index is 14.0. The van der Waals surface area contributed by atoms with Crippen molar-refractivity contribution in [2.75, 3.05) is 0 Å². The van der Waals surface area contributed by atoms with Crippen molar-refractivity contribution in [2.24, 2.45) is 0 Å². The maximum absolute atomic E-state index is 14.0. The molecular formula is C17H11ClFNO3. The van der Waals surface area contributed by atoms with Gasteiger partial charge in [0.05, 0.1) is 11.6 Å². The van der Waals surface area contributed by atoms with Gasteiger partial charge in [0.25, 0.3) is 11.7 Å². The van der Waals surface area contributed by atoms with Crippen molar-refractivity contribution in [3.05, 3.63) is 76.1 Å². The molecule has 23 heavy (non-hydrogen) atoms. The molecule has 1 amide bonds. The summed E-state index contributed by atoms with van der Waals surface area (Å²) >= 11 is 5.79. The number of amides is 1. The zero-order valence-electron chi connectivity index (χ0n) is 11.7. The Morgan fingerprint density at radius 2 is 1.74 bits per heavy atom. The maximum Gasteiger partial charge on any atom is 0.293 e. The van der Waals surface area contributed by atoms with Crippen molar-refractivity contribution in [2.45, 2.75) is 6.04 Å². The highest BCUT2D eigenvalue weighted by Gasteiger charge is 2.40. The van der Waals surface area contributed by atoms with Crippen molar-refractivity contribution in [1.29, 1.82) is 0 Å². The summed E-state index contributed by atoms with van der Waals surface area (Å²) in [5.74, 6) is -2.72.